The number of nitrogens with two attached hydrogens (primary N) is 1. The van der Waals surface area contributed by atoms with Gasteiger partial charge >= 0.3 is 0 Å². The molecule has 0 bridgehead atoms. The van der Waals surface area contributed by atoms with Crippen molar-refractivity contribution in [3.05, 3.63) is 64.4 Å². The molecule has 0 saturated carbocycles. The lowest BCUT2D eigenvalue weighted by Crippen LogP contribution is -2.23. The first kappa shape index (κ1) is 13.4. The van der Waals surface area contributed by atoms with Crippen molar-refractivity contribution in [1.82, 2.24) is 5.32 Å². The van der Waals surface area contributed by atoms with E-state index in [1.807, 2.05) is 0 Å². The number of benzene rings is 2. The lowest BCUT2D eigenvalue weighted by molar-refractivity contribution is 0.0951. The molecule has 0 unspecified atom stereocenters. The van der Waals surface area contributed by atoms with Crippen molar-refractivity contribution in [2.24, 2.45) is 0 Å². The molecule has 0 spiro atoms. The number of halogens is 2. The molecule has 0 aliphatic carbocycles. The molecule has 2 aromatic carbocycles. The lowest BCUT2D eigenvalue weighted by atomic mass is 10.1. The van der Waals surface area contributed by atoms with Crippen LogP contribution in [0.5, 0.6) is 0 Å². The zero-order valence-electron chi connectivity index (χ0n) is 9.99. The van der Waals surface area contributed by atoms with Gasteiger partial charge in [-0.15, -0.1) is 0 Å². The summed E-state index contributed by atoms with van der Waals surface area (Å²) in [6, 6.07) is 10.6. The van der Waals surface area contributed by atoms with Crippen molar-refractivity contribution < 1.29 is 9.18 Å². The summed E-state index contributed by atoms with van der Waals surface area (Å²) in [6.07, 6.45) is 0. The predicted molar refractivity (Wildman–Crippen MR) is 73.4 cm³/mol. The Bertz CT molecular complexity index is 599. The van der Waals surface area contributed by atoms with Crippen LogP contribution in [0.2, 0.25) is 5.02 Å². The maximum Gasteiger partial charge on any atom is 0.253 e. The molecule has 0 saturated heterocycles. The molecular weight excluding hydrogens is 267 g/mol. The minimum absolute atomic E-state index is 0.297. The Morgan fingerprint density at radius 3 is 2.53 bits per heavy atom. The Balaban J connectivity index is 2.03. The van der Waals surface area contributed by atoms with Gasteiger partial charge in [0.05, 0.1) is 10.6 Å². The molecule has 2 rings (SSSR count). The van der Waals surface area contributed by atoms with E-state index in [0.29, 0.717) is 22.8 Å². The Labute approximate surface area is 115 Å². The summed E-state index contributed by atoms with van der Waals surface area (Å²) in [5, 5.41) is 3.01. The molecule has 3 N–H and O–H groups in total. The molecule has 0 aromatic heterocycles. The second kappa shape index (κ2) is 5.71. The van der Waals surface area contributed by atoms with Crippen LogP contribution in [-0.2, 0) is 6.54 Å². The van der Waals surface area contributed by atoms with Crippen molar-refractivity contribution in [3.8, 4) is 0 Å². The van der Waals surface area contributed by atoms with Crippen LogP contribution in [0.25, 0.3) is 0 Å². The molecule has 98 valence electrons. The predicted octanol–water partition coefficient (Wildman–Crippen LogP) is 2.99. The van der Waals surface area contributed by atoms with Crippen molar-refractivity contribution in [1.29, 1.82) is 0 Å². The highest BCUT2D eigenvalue weighted by Crippen LogP contribution is 2.19. The first-order valence-electron chi connectivity index (χ1n) is 5.64. The van der Waals surface area contributed by atoms with Crippen molar-refractivity contribution in [3.63, 3.8) is 0 Å². The third kappa shape index (κ3) is 3.45. The summed E-state index contributed by atoms with van der Waals surface area (Å²) in [6.45, 7) is 0.305. The van der Waals surface area contributed by atoms with Gasteiger partial charge in [0.25, 0.3) is 5.91 Å². The summed E-state index contributed by atoms with van der Waals surface area (Å²) in [4.78, 5) is 11.9. The highest BCUT2D eigenvalue weighted by Gasteiger charge is 2.09. The van der Waals surface area contributed by atoms with Crippen molar-refractivity contribution in [2.45, 2.75) is 6.54 Å². The second-order valence-electron chi connectivity index (χ2n) is 4.05. The van der Waals surface area contributed by atoms with Crippen molar-refractivity contribution >= 4 is 23.2 Å². The number of anilines is 1. The van der Waals surface area contributed by atoms with Gasteiger partial charge < -0.3 is 11.1 Å². The standard InChI is InChI=1S/C14H12ClFN2O/c15-13-7-11(17)5-6-12(13)14(19)18-8-9-1-3-10(16)4-2-9/h1-7H,8,17H2,(H,18,19). The largest absolute Gasteiger partial charge is 0.399 e. The zero-order valence-corrected chi connectivity index (χ0v) is 10.7. The molecule has 0 aliphatic rings. The number of hydrogen-bond donors (Lipinski definition) is 2. The zero-order chi connectivity index (χ0) is 13.8. The van der Waals surface area contributed by atoms with Gasteiger partial charge in [-0.1, -0.05) is 23.7 Å². The number of carbonyl (C=O) groups is 1. The smallest absolute Gasteiger partial charge is 0.253 e. The summed E-state index contributed by atoms with van der Waals surface area (Å²) in [5.41, 5.74) is 7.22. The molecule has 19 heavy (non-hydrogen) atoms. The van der Waals surface area contributed by atoms with Crippen LogP contribution in [0.1, 0.15) is 15.9 Å². The summed E-state index contributed by atoms with van der Waals surface area (Å²) < 4.78 is 12.7. The minimum Gasteiger partial charge on any atom is -0.399 e. The summed E-state index contributed by atoms with van der Waals surface area (Å²) in [7, 11) is 0. The number of hydrogen-bond acceptors (Lipinski definition) is 2. The third-order valence-corrected chi connectivity index (χ3v) is 2.92. The Morgan fingerprint density at radius 1 is 1.21 bits per heavy atom. The fraction of sp³-hybridized carbons (Fsp3) is 0.0714. The molecule has 2 aromatic rings. The van der Waals surface area contributed by atoms with Crippen LogP contribution in [0.4, 0.5) is 10.1 Å². The Morgan fingerprint density at radius 2 is 1.89 bits per heavy atom. The van der Waals surface area contributed by atoms with Gasteiger partial charge in [0, 0.05) is 12.2 Å². The summed E-state index contributed by atoms with van der Waals surface area (Å²) in [5.74, 6) is -0.606. The second-order valence-corrected chi connectivity index (χ2v) is 4.46. The topological polar surface area (TPSA) is 55.1 Å². The average Bonchev–Trinajstić information content (AvgIpc) is 2.37. The van der Waals surface area contributed by atoms with Gasteiger partial charge in [-0.3, -0.25) is 4.79 Å². The SMILES string of the molecule is Nc1ccc(C(=O)NCc2ccc(F)cc2)c(Cl)c1. The fourth-order valence-electron chi connectivity index (χ4n) is 1.60. The highest BCUT2D eigenvalue weighted by atomic mass is 35.5. The fourth-order valence-corrected chi connectivity index (χ4v) is 1.87. The van der Waals surface area contributed by atoms with Gasteiger partial charge in [-0.2, -0.15) is 0 Å². The maximum atomic E-state index is 12.7. The number of nitrogens with one attached hydrogen (secondary N) is 1. The molecule has 0 radical (unpaired) electrons. The van der Waals surface area contributed by atoms with E-state index in [2.05, 4.69) is 5.32 Å². The van der Waals surface area contributed by atoms with Gasteiger partial charge in [0.1, 0.15) is 5.82 Å². The van der Waals surface area contributed by atoms with Crippen LogP contribution < -0.4 is 11.1 Å². The van der Waals surface area contributed by atoms with Gasteiger partial charge in [0.15, 0.2) is 0 Å². The molecule has 0 fully saturated rings. The monoisotopic (exact) mass is 278 g/mol. The molecule has 0 heterocycles. The van der Waals surface area contributed by atoms with Gasteiger partial charge in [0.2, 0.25) is 0 Å². The number of amides is 1. The van der Waals surface area contributed by atoms with Gasteiger partial charge in [-0.05, 0) is 35.9 Å². The van der Waals surface area contributed by atoms with Crippen LogP contribution in [-0.4, -0.2) is 5.91 Å². The van der Waals surface area contributed by atoms with Gasteiger partial charge in [-0.25, -0.2) is 4.39 Å². The van der Waals surface area contributed by atoms with E-state index in [1.54, 1.807) is 24.3 Å². The van der Waals surface area contributed by atoms with E-state index in [4.69, 9.17) is 17.3 Å². The van der Waals surface area contributed by atoms with E-state index in [0.717, 1.165) is 5.56 Å². The molecular formula is C14H12ClFN2O. The normalized spacial score (nSPS) is 10.2. The third-order valence-electron chi connectivity index (χ3n) is 2.60. The summed E-state index contributed by atoms with van der Waals surface area (Å²) >= 11 is 5.94. The lowest BCUT2D eigenvalue weighted by Gasteiger charge is -2.07. The first-order valence-corrected chi connectivity index (χ1v) is 6.02. The maximum absolute atomic E-state index is 12.7. The average molecular weight is 279 g/mol. The molecule has 0 atom stereocenters. The number of carbonyl (C=O) groups excluding carboxylic acids is 1. The molecule has 3 nitrogen and oxygen atoms in total. The number of nitrogen functional groups attached to an aromatic ring is 1. The van der Waals surface area contributed by atoms with Crippen LogP contribution in [0, 0.1) is 5.82 Å². The Kier molecular flexibility index (Phi) is 4.02. The molecule has 1 amide bonds. The van der Waals surface area contributed by atoms with E-state index < -0.39 is 0 Å². The number of rotatable bonds is 3. The Hall–Kier alpha value is -2.07. The highest BCUT2D eigenvalue weighted by molar-refractivity contribution is 6.34. The van der Waals surface area contributed by atoms with Crippen molar-refractivity contribution in [2.75, 3.05) is 5.73 Å². The van der Waals surface area contributed by atoms with E-state index >= 15 is 0 Å². The van der Waals surface area contributed by atoms with Crippen LogP contribution in [0.15, 0.2) is 42.5 Å². The van der Waals surface area contributed by atoms with Crippen LogP contribution in [0.3, 0.4) is 0 Å². The molecule has 5 heteroatoms. The molecule has 0 aliphatic heterocycles. The van der Waals surface area contributed by atoms with E-state index in [1.165, 1.54) is 18.2 Å². The van der Waals surface area contributed by atoms with Crippen LogP contribution >= 0.6 is 11.6 Å². The van der Waals surface area contributed by atoms with E-state index in [9.17, 15) is 9.18 Å². The van der Waals surface area contributed by atoms with E-state index in [-0.39, 0.29) is 11.7 Å². The first-order chi connectivity index (χ1) is 9.06. The minimum atomic E-state index is -0.309. The quantitative estimate of drug-likeness (QED) is 0.848.